The van der Waals surface area contributed by atoms with E-state index in [1.165, 1.54) is 23.4 Å². The van der Waals surface area contributed by atoms with Gasteiger partial charge in [0.15, 0.2) is 6.23 Å². The Morgan fingerprint density at radius 1 is 1.28 bits per heavy atom. The third-order valence-electron chi connectivity index (χ3n) is 5.16. The van der Waals surface area contributed by atoms with Crippen LogP contribution in [-0.4, -0.2) is 10.1 Å². The zero-order valence-corrected chi connectivity index (χ0v) is 14.8. The van der Waals surface area contributed by atoms with E-state index in [2.05, 4.69) is 37.1 Å². The van der Waals surface area contributed by atoms with Crippen LogP contribution in [0, 0.1) is 0 Å². The molecule has 0 saturated heterocycles. The van der Waals surface area contributed by atoms with Crippen molar-refractivity contribution in [3.63, 3.8) is 0 Å². The molecule has 0 radical (unpaired) electrons. The third-order valence-corrected chi connectivity index (χ3v) is 5.16. The Bertz CT molecular complexity index is 761. The number of nitrogens with one attached hydrogen (secondary N) is 1. The van der Waals surface area contributed by atoms with Crippen LogP contribution >= 0.6 is 0 Å². The first-order valence-corrected chi connectivity index (χ1v) is 8.66. The predicted molar refractivity (Wildman–Crippen MR) is 94.9 cm³/mol. The summed E-state index contributed by atoms with van der Waals surface area (Å²) >= 11 is 0. The molecular formula is C20H24F2N2O. The van der Waals surface area contributed by atoms with Crippen molar-refractivity contribution in [1.29, 1.82) is 0 Å². The van der Waals surface area contributed by atoms with Gasteiger partial charge in [0.25, 0.3) is 6.43 Å². The predicted octanol–water partition coefficient (Wildman–Crippen LogP) is 5.30. The Hall–Kier alpha value is -2.01. The molecule has 0 aliphatic heterocycles. The second-order valence-corrected chi connectivity index (χ2v) is 7.29. The average molecular weight is 346 g/mol. The molecule has 3 rings (SSSR count). The molecule has 0 fully saturated rings. The highest BCUT2D eigenvalue weighted by Crippen LogP contribution is 2.50. The highest BCUT2D eigenvalue weighted by Gasteiger charge is 2.37. The number of hydrogen-bond donors (Lipinski definition) is 2. The lowest BCUT2D eigenvalue weighted by atomic mass is 9.86. The molecule has 1 aromatic heterocycles. The Morgan fingerprint density at radius 3 is 2.72 bits per heavy atom. The van der Waals surface area contributed by atoms with Crippen LogP contribution in [0.25, 0.3) is 0 Å². The number of pyridine rings is 1. The number of benzene rings is 1. The minimum absolute atomic E-state index is 0.0705. The number of hydrogen-bond acceptors (Lipinski definition) is 3. The first-order valence-electron chi connectivity index (χ1n) is 8.66. The van der Waals surface area contributed by atoms with E-state index < -0.39 is 12.7 Å². The average Bonchev–Trinajstić information content (AvgIpc) is 2.86. The molecule has 1 heterocycles. The number of alkyl halides is 2. The summed E-state index contributed by atoms with van der Waals surface area (Å²) in [4.78, 5) is 3.72. The number of anilines is 1. The number of aliphatic hydroxyl groups excluding tert-OH is 1. The van der Waals surface area contributed by atoms with Crippen molar-refractivity contribution in [2.75, 3.05) is 5.32 Å². The van der Waals surface area contributed by atoms with E-state index in [4.69, 9.17) is 0 Å². The summed E-state index contributed by atoms with van der Waals surface area (Å²) in [6.07, 6.45) is -0.599. The lowest BCUT2D eigenvalue weighted by Crippen LogP contribution is -2.15. The SMILES string of the molecule is CCC1CC(C)(C)c2cccc(NC(O)c3cccnc3C(F)F)c21. The summed E-state index contributed by atoms with van der Waals surface area (Å²) in [5.74, 6) is 0.393. The lowest BCUT2D eigenvalue weighted by molar-refractivity contribution is 0.136. The Morgan fingerprint density at radius 2 is 2.04 bits per heavy atom. The van der Waals surface area contributed by atoms with Gasteiger partial charge in [0.2, 0.25) is 0 Å². The summed E-state index contributed by atoms with van der Waals surface area (Å²) in [6, 6.07) is 9.02. The minimum Gasteiger partial charge on any atom is -0.369 e. The fourth-order valence-corrected chi connectivity index (χ4v) is 3.97. The molecule has 0 spiro atoms. The maximum atomic E-state index is 13.2. The van der Waals surface area contributed by atoms with Crippen molar-refractivity contribution in [3.8, 4) is 0 Å². The van der Waals surface area contributed by atoms with Crippen LogP contribution in [0.5, 0.6) is 0 Å². The minimum atomic E-state index is -2.73. The van der Waals surface area contributed by atoms with Crippen LogP contribution in [0.1, 0.15) is 74.6 Å². The molecule has 2 atom stereocenters. The van der Waals surface area contributed by atoms with Crippen LogP contribution in [0.3, 0.4) is 0 Å². The van der Waals surface area contributed by atoms with Gasteiger partial charge in [-0.15, -0.1) is 0 Å². The van der Waals surface area contributed by atoms with Crippen LogP contribution in [0.2, 0.25) is 0 Å². The summed E-state index contributed by atoms with van der Waals surface area (Å²) in [5.41, 5.74) is 3.06. The van der Waals surface area contributed by atoms with E-state index in [9.17, 15) is 13.9 Å². The van der Waals surface area contributed by atoms with Crippen LogP contribution in [0.15, 0.2) is 36.5 Å². The molecule has 25 heavy (non-hydrogen) atoms. The molecule has 2 N–H and O–H groups in total. The Balaban J connectivity index is 1.97. The Kier molecular flexibility index (Phi) is 4.78. The normalized spacial score (nSPS) is 19.7. The van der Waals surface area contributed by atoms with Crippen molar-refractivity contribution in [2.45, 2.75) is 57.6 Å². The van der Waals surface area contributed by atoms with Crippen molar-refractivity contribution < 1.29 is 13.9 Å². The number of nitrogens with zero attached hydrogens (tertiary/aromatic N) is 1. The summed E-state index contributed by atoms with van der Waals surface area (Å²) in [5, 5.41) is 13.6. The summed E-state index contributed by atoms with van der Waals surface area (Å²) < 4.78 is 26.3. The van der Waals surface area contributed by atoms with Gasteiger partial charge < -0.3 is 10.4 Å². The van der Waals surface area contributed by atoms with Gasteiger partial charge in [-0.05, 0) is 47.4 Å². The second-order valence-electron chi connectivity index (χ2n) is 7.29. The lowest BCUT2D eigenvalue weighted by Gasteiger charge is -2.22. The zero-order chi connectivity index (χ0) is 18.2. The van der Waals surface area contributed by atoms with Gasteiger partial charge in [-0.2, -0.15) is 0 Å². The molecule has 1 aromatic carbocycles. The van der Waals surface area contributed by atoms with Crippen molar-refractivity contribution >= 4 is 5.69 Å². The van der Waals surface area contributed by atoms with Gasteiger partial charge in [0.1, 0.15) is 5.69 Å². The van der Waals surface area contributed by atoms with Gasteiger partial charge in [0.05, 0.1) is 0 Å². The van der Waals surface area contributed by atoms with E-state index in [0.717, 1.165) is 18.5 Å². The van der Waals surface area contributed by atoms with Crippen LogP contribution in [-0.2, 0) is 5.41 Å². The number of rotatable bonds is 5. The van der Waals surface area contributed by atoms with Crippen LogP contribution < -0.4 is 5.32 Å². The largest absolute Gasteiger partial charge is 0.369 e. The molecule has 1 aliphatic rings. The third kappa shape index (κ3) is 3.25. The van der Waals surface area contributed by atoms with E-state index in [1.807, 2.05) is 12.1 Å². The quantitative estimate of drug-likeness (QED) is 0.722. The van der Waals surface area contributed by atoms with Crippen molar-refractivity contribution in [2.24, 2.45) is 0 Å². The molecule has 134 valence electrons. The first-order chi connectivity index (χ1) is 11.8. The number of aromatic nitrogens is 1. The molecule has 5 heteroatoms. The Labute approximate surface area is 147 Å². The fourth-order valence-electron chi connectivity index (χ4n) is 3.97. The highest BCUT2D eigenvalue weighted by atomic mass is 19.3. The van der Waals surface area contributed by atoms with Crippen LogP contribution in [0.4, 0.5) is 14.5 Å². The topological polar surface area (TPSA) is 45.1 Å². The first kappa shape index (κ1) is 17.8. The van der Waals surface area contributed by atoms with Gasteiger partial charge in [0, 0.05) is 17.4 Å². The van der Waals surface area contributed by atoms with Crippen molar-refractivity contribution in [1.82, 2.24) is 4.98 Å². The number of aliphatic hydroxyl groups is 1. The maximum Gasteiger partial charge on any atom is 0.280 e. The summed E-state index contributed by atoms with van der Waals surface area (Å²) in [6.45, 7) is 6.59. The van der Waals surface area contributed by atoms with E-state index >= 15 is 0 Å². The zero-order valence-electron chi connectivity index (χ0n) is 14.8. The van der Waals surface area contributed by atoms with Gasteiger partial charge >= 0.3 is 0 Å². The van der Waals surface area contributed by atoms with Gasteiger partial charge in [-0.25, -0.2) is 8.78 Å². The smallest absolute Gasteiger partial charge is 0.280 e. The van der Waals surface area contributed by atoms with E-state index in [1.54, 1.807) is 6.07 Å². The maximum absolute atomic E-state index is 13.2. The molecule has 1 aliphatic carbocycles. The van der Waals surface area contributed by atoms with Crippen molar-refractivity contribution in [3.05, 3.63) is 58.9 Å². The van der Waals surface area contributed by atoms with E-state index in [0.29, 0.717) is 5.92 Å². The molecular weight excluding hydrogens is 322 g/mol. The van der Waals surface area contributed by atoms with E-state index in [-0.39, 0.29) is 16.7 Å². The second kappa shape index (κ2) is 6.71. The number of fused-ring (bicyclic) bond motifs is 1. The summed E-state index contributed by atoms with van der Waals surface area (Å²) in [7, 11) is 0. The highest BCUT2D eigenvalue weighted by molar-refractivity contribution is 5.61. The fraction of sp³-hybridized carbons (Fsp3) is 0.450. The molecule has 0 saturated carbocycles. The molecule has 2 aromatic rings. The van der Waals surface area contributed by atoms with Gasteiger partial charge in [-0.1, -0.05) is 39.0 Å². The van der Waals surface area contributed by atoms with Gasteiger partial charge in [-0.3, -0.25) is 4.98 Å². The molecule has 0 amide bonds. The molecule has 3 nitrogen and oxygen atoms in total. The molecule has 0 bridgehead atoms. The number of halogens is 2. The standard InChI is InChI=1S/C20H24F2N2O/c1-4-12-11-20(2,3)14-8-5-9-15(16(12)14)24-19(25)13-7-6-10-23-17(13)18(21)22/h5-10,12,18-19,24-25H,4,11H2,1-3H3. The monoisotopic (exact) mass is 346 g/mol. The molecule has 2 unspecified atom stereocenters.